The van der Waals surface area contributed by atoms with Crippen molar-refractivity contribution in [2.24, 2.45) is 0 Å². The third-order valence-corrected chi connectivity index (χ3v) is 2.64. The Morgan fingerprint density at radius 1 is 1.36 bits per heavy atom. The molecule has 0 aromatic carbocycles. The molecule has 2 heterocycles. The van der Waals surface area contributed by atoms with Gasteiger partial charge in [-0.3, -0.25) is 0 Å². The molecule has 0 amide bonds. The second kappa shape index (κ2) is 2.55. The maximum atomic E-state index is 5.27. The number of hydrogen-bond donors (Lipinski definition) is 0. The predicted molar refractivity (Wildman–Crippen MR) is 46.8 cm³/mol. The Kier molecular flexibility index (Phi) is 1.55. The van der Waals surface area contributed by atoms with Crippen LogP contribution >= 0.6 is 11.3 Å². The van der Waals surface area contributed by atoms with Gasteiger partial charge < -0.3 is 4.42 Å². The average molecular weight is 164 g/mol. The van der Waals surface area contributed by atoms with Gasteiger partial charge in [-0.2, -0.15) is 0 Å². The molecule has 0 spiro atoms. The van der Waals surface area contributed by atoms with E-state index in [0.29, 0.717) is 0 Å². The summed E-state index contributed by atoms with van der Waals surface area (Å²) in [4.78, 5) is 1.23. The second-order valence-corrected chi connectivity index (χ2v) is 3.33. The molecular formula is C9H8OS. The van der Waals surface area contributed by atoms with Crippen LogP contribution in [0.15, 0.2) is 34.3 Å². The summed E-state index contributed by atoms with van der Waals surface area (Å²) in [6.45, 7) is 2.09. The van der Waals surface area contributed by atoms with Crippen LogP contribution in [0, 0.1) is 6.92 Å². The summed E-state index contributed by atoms with van der Waals surface area (Å²) in [6.07, 6.45) is 1.70. The fourth-order valence-electron chi connectivity index (χ4n) is 1.03. The smallest absolute Gasteiger partial charge is 0.144 e. The zero-order valence-electron chi connectivity index (χ0n) is 6.20. The van der Waals surface area contributed by atoms with Gasteiger partial charge in [-0.15, -0.1) is 11.3 Å². The molecule has 2 heteroatoms. The molecule has 2 aromatic heterocycles. The van der Waals surface area contributed by atoms with Crippen LogP contribution < -0.4 is 0 Å². The van der Waals surface area contributed by atoms with Crippen LogP contribution in [-0.4, -0.2) is 0 Å². The van der Waals surface area contributed by atoms with Crippen LogP contribution in [0.5, 0.6) is 0 Å². The SMILES string of the molecule is Cc1ccsc1-c1ccco1. The Hall–Kier alpha value is -1.02. The van der Waals surface area contributed by atoms with Gasteiger partial charge in [0.2, 0.25) is 0 Å². The minimum Gasteiger partial charge on any atom is -0.464 e. The predicted octanol–water partition coefficient (Wildman–Crippen LogP) is 3.32. The van der Waals surface area contributed by atoms with Crippen LogP contribution in [0.25, 0.3) is 10.6 Å². The first-order valence-corrected chi connectivity index (χ1v) is 4.34. The van der Waals surface area contributed by atoms with Crippen LogP contribution in [0.4, 0.5) is 0 Å². The van der Waals surface area contributed by atoms with E-state index in [1.54, 1.807) is 17.6 Å². The topological polar surface area (TPSA) is 13.1 Å². The monoisotopic (exact) mass is 164 g/mol. The van der Waals surface area contributed by atoms with Gasteiger partial charge in [-0.25, -0.2) is 0 Å². The Morgan fingerprint density at radius 3 is 2.82 bits per heavy atom. The summed E-state index contributed by atoms with van der Waals surface area (Å²) < 4.78 is 5.27. The van der Waals surface area contributed by atoms with Gasteiger partial charge in [0.1, 0.15) is 5.76 Å². The summed E-state index contributed by atoms with van der Waals surface area (Å²) in [5.74, 6) is 0.970. The second-order valence-electron chi connectivity index (χ2n) is 2.41. The zero-order chi connectivity index (χ0) is 7.68. The van der Waals surface area contributed by atoms with Crippen molar-refractivity contribution in [2.45, 2.75) is 6.92 Å². The van der Waals surface area contributed by atoms with E-state index >= 15 is 0 Å². The van der Waals surface area contributed by atoms with E-state index in [4.69, 9.17) is 4.42 Å². The van der Waals surface area contributed by atoms with E-state index in [1.165, 1.54) is 10.4 Å². The molecule has 1 nitrogen and oxygen atoms in total. The number of rotatable bonds is 1. The van der Waals surface area contributed by atoms with E-state index in [-0.39, 0.29) is 0 Å². The molecule has 0 saturated carbocycles. The van der Waals surface area contributed by atoms with Crippen LogP contribution in [0.3, 0.4) is 0 Å². The Balaban J connectivity index is 2.53. The lowest BCUT2D eigenvalue weighted by Gasteiger charge is -1.91. The minimum absolute atomic E-state index is 0.970. The van der Waals surface area contributed by atoms with E-state index < -0.39 is 0 Å². The minimum atomic E-state index is 0.970. The van der Waals surface area contributed by atoms with Gasteiger partial charge in [0.15, 0.2) is 0 Å². The normalized spacial score (nSPS) is 10.3. The standard InChI is InChI=1S/C9H8OS/c1-7-4-6-11-9(7)8-3-2-5-10-8/h2-6H,1H3. The number of thiophene rings is 1. The summed E-state index contributed by atoms with van der Waals surface area (Å²) >= 11 is 1.71. The molecule has 0 aliphatic heterocycles. The molecule has 0 fully saturated rings. The molecule has 2 rings (SSSR count). The molecule has 0 aliphatic rings. The highest BCUT2D eigenvalue weighted by molar-refractivity contribution is 7.13. The molecule has 0 N–H and O–H groups in total. The first-order valence-electron chi connectivity index (χ1n) is 3.46. The molecule has 0 bridgehead atoms. The highest BCUT2D eigenvalue weighted by Gasteiger charge is 2.03. The first kappa shape index (κ1) is 6.68. The quantitative estimate of drug-likeness (QED) is 0.630. The molecule has 0 unspecified atom stereocenters. The van der Waals surface area contributed by atoms with Gasteiger partial charge in [-0.05, 0) is 36.1 Å². The third-order valence-electron chi connectivity index (χ3n) is 1.61. The fraction of sp³-hybridized carbons (Fsp3) is 0.111. The number of furan rings is 1. The van der Waals surface area contributed by atoms with Crippen LogP contribution in [0.1, 0.15) is 5.56 Å². The average Bonchev–Trinajstić information content (AvgIpc) is 2.55. The van der Waals surface area contributed by atoms with Crippen LogP contribution in [-0.2, 0) is 0 Å². The Bertz CT molecular complexity index is 332. The molecular weight excluding hydrogens is 156 g/mol. The fourth-order valence-corrected chi connectivity index (χ4v) is 1.93. The maximum absolute atomic E-state index is 5.27. The summed E-state index contributed by atoms with van der Waals surface area (Å²) in [7, 11) is 0. The first-order chi connectivity index (χ1) is 5.38. The van der Waals surface area contributed by atoms with Crippen molar-refractivity contribution >= 4 is 11.3 Å². The van der Waals surface area contributed by atoms with E-state index in [0.717, 1.165) is 5.76 Å². The summed E-state index contributed by atoms with van der Waals surface area (Å²) in [6, 6.07) is 6.00. The van der Waals surface area contributed by atoms with Gasteiger partial charge in [0.25, 0.3) is 0 Å². The van der Waals surface area contributed by atoms with Gasteiger partial charge in [0.05, 0.1) is 11.1 Å². The van der Waals surface area contributed by atoms with Crippen molar-refractivity contribution in [1.29, 1.82) is 0 Å². The van der Waals surface area contributed by atoms with Crippen molar-refractivity contribution in [3.8, 4) is 10.6 Å². The maximum Gasteiger partial charge on any atom is 0.144 e. The van der Waals surface area contributed by atoms with Crippen molar-refractivity contribution in [3.63, 3.8) is 0 Å². The van der Waals surface area contributed by atoms with E-state index in [1.807, 2.05) is 12.1 Å². The lowest BCUT2D eigenvalue weighted by molar-refractivity contribution is 0.583. The number of hydrogen-bond acceptors (Lipinski definition) is 2. The molecule has 0 radical (unpaired) electrons. The lowest BCUT2D eigenvalue weighted by atomic mass is 10.2. The van der Waals surface area contributed by atoms with Gasteiger partial charge in [-0.1, -0.05) is 0 Å². The van der Waals surface area contributed by atoms with Crippen molar-refractivity contribution in [2.75, 3.05) is 0 Å². The molecule has 0 atom stereocenters. The highest BCUT2D eigenvalue weighted by Crippen LogP contribution is 2.28. The van der Waals surface area contributed by atoms with Gasteiger partial charge >= 0.3 is 0 Å². The van der Waals surface area contributed by atoms with Crippen LogP contribution in [0.2, 0.25) is 0 Å². The van der Waals surface area contributed by atoms with E-state index in [2.05, 4.69) is 18.4 Å². The van der Waals surface area contributed by atoms with Crippen molar-refractivity contribution < 1.29 is 4.42 Å². The highest BCUT2D eigenvalue weighted by atomic mass is 32.1. The summed E-state index contributed by atoms with van der Waals surface area (Å²) in [5, 5.41) is 2.08. The molecule has 56 valence electrons. The largest absolute Gasteiger partial charge is 0.464 e. The van der Waals surface area contributed by atoms with Gasteiger partial charge in [0, 0.05) is 0 Å². The molecule has 2 aromatic rings. The third kappa shape index (κ3) is 1.10. The van der Waals surface area contributed by atoms with E-state index in [9.17, 15) is 0 Å². The Morgan fingerprint density at radius 2 is 2.27 bits per heavy atom. The molecule has 11 heavy (non-hydrogen) atoms. The summed E-state index contributed by atoms with van der Waals surface area (Å²) in [5.41, 5.74) is 1.28. The van der Waals surface area contributed by atoms with Crippen molar-refractivity contribution in [1.82, 2.24) is 0 Å². The zero-order valence-corrected chi connectivity index (χ0v) is 7.02. The molecule has 0 saturated heterocycles. The lowest BCUT2D eigenvalue weighted by Crippen LogP contribution is -1.68. The molecule has 0 aliphatic carbocycles. The Labute approximate surface area is 69.3 Å². The van der Waals surface area contributed by atoms with Crippen molar-refractivity contribution in [3.05, 3.63) is 35.4 Å². The number of aryl methyl sites for hydroxylation is 1.